The van der Waals surface area contributed by atoms with Crippen LogP contribution in [-0.4, -0.2) is 6.21 Å². The lowest BCUT2D eigenvalue weighted by atomic mass is 10.1. The van der Waals surface area contributed by atoms with Crippen LogP contribution in [0.1, 0.15) is 19.8 Å². The van der Waals surface area contributed by atoms with Crippen molar-refractivity contribution in [2.75, 3.05) is 0 Å². The first kappa shape index (κ1) is 5.54. The molecule has 0 saturated carbocycles. The van der Waals surface area contributed by atoms with Crippen LogP contribution in [0.5, 0.6) is 0 Å². The summed E-state index contributed by atoms with van der Waals surface area (Å²) < 4.78 is 0. The van der Waals surface area contributed by atoms with E-state index in [-0.39, 0.29) is 0 Å². The summed E-state index contributed by atoms with van der Waals surface area (Å²) in [4.78, 5) is 4.01. The molecule has 0 unspecified atom stereocenters. The number of aliphatic imine (C=N–C) groups is 1. The predicted octanol–water partition coefficient (Wildman–Crippen LogP) is 1.96. The summed E-state index contributed by atoms with van der Waals surface area (Å²) in [6.07, 6.45) is 6.24. The second-order valence-corrected chi connectivity index (χ2v) is 1.83. The van der Waals surface area contributed by atoms with Crippen molar-refractivity contribution in [1.29, 1.82) is 0 Å². The molecule has 0 aromatic rings. The number of allylic oxidation sites excluding steroid dienone is 1. The Morgan fingerprint density at radius 3 is 3.00 bits per heavy atom. The summed E-state index contributed by atoms with van der Waals surface area (Å²) >= 11 is 0. The van der Waals surface area contributed by atoms with Crippen LogP contribution >= 0.6 is 0 Å². The largest absolute Gasteiger partial charge is 0.287 e. The SMILES string of the molecule is CCC1=CC[CH]N=C1. The number of dihydropyridines is 1. The average Bonchev–Trinajstić information content (AvgIpc) is 1.90. The molecule has 8 heavy (non-hydrogen) atoms. The van der Waals surface area contributed by atoms with E-state index in [1.54, 1.807) is 0 Å². The molecule has 1 radical (unpaired) electrons. The molecule has 1 rings (SSSR count). The molecule has 0 N–H and O–H groups in total. The number of nitrogens with zero attached hydrogens (tertiary/aromatic N) is 1. The smallest absolute Gasteiger partial charge is 0.0760 e. The normalized spacial score (nSPS) is 18.4. The molecule has 0 spiro atoms. The molecule has 0 fully saturated rings. The lowest BCUT2D eigenvalue weighted by Crippen LogP contribution is -1.88. The van der Waals surface area contributed by atoms with Crippen molar-refractivity contribution in [2.45, 2.75) is 19.8 Å². The Hall–Kier alpha value is -0.590. The highest BCUT2D eigenvalue weighted by Gasteiger charge is 1.92. The van der Waals surface area contributed by atoms with Crippen LogP contribution in [0.25, 0.3) is 0 Å². The average molecular weight is 108 g/mol. The lowest BCUT2D eigenvalue weighted by molar-refractivity contribution is 1.07. The first-order valence-electron chi connectivity index (χ1n) is 2.97. The molecule has 0 amide bonds. The van der Waals surface area contributed by atoms with Crippen molar-refractivity contribution in [3.05, 3.63) is 18.2 Å². The first-order chi connectivity index (χ1) is 3.93. The van der Waals surface area contributed by atoms with E-state index < -0.39 is 0 Å². The fourth-order valence-electron chi connectivity index (χ4n) is 0.702. The zero-order valence-electron chi connectivity index (χ0n) is 5.09. The highest BCUT2D eigenvalue weighted by atomic mass is 14.7. The fourth-order valence-corrected chi connectivity index (χ4v) is 0.702. The van der Waals surface area contributed by atoms with Crippen molar-refractivity contribution in [3.63, 3.8) is 0 Å². The van der Waals surface area contributed by atoms with Gasteiger partial charge in [0.15, 0.2) is 0 Å². The van der Waals surface area contributed by atoms with E-state index in [9.17, 15) is 0 Å². The minimum absolute atomic E-state index is 1.01. The van der Waals surface area contributed by atoms with Gasteiger partial charge in [0.05, 0.1) is 6.54 Å². The third kappa shape index (κ3) is 1.19. The Bertz CT molecular complexity index is 122. The van der Waals surface area contributed by atoms with E-state index in [1.165, 1.54) is 5.57 Å². The molecule has 1 aliphatic heterocycles. The summed E-state index contributed by atoms with van der Waals surface area (Å²) in [5.74, 6) is 0. The van der Waals surface area contributed by atoms with Crippen LogP contribution in [0.15, 0.2) is 16.6 Å². The molecule has 0 saturated heterocycles. The molecule has 1 nitrogen and oxygen atoms in total. The lowest BCUT2D eigenvalue weighted by Gasteiger charge is -2.00. The van der Waals surface area contributed by atoms with Gasteiger partial charge in [0.2, 0.25) is 0 Å². The van der Waals surface area contributed by atoms with E-state index in [2.05, 4.69) is 18.0 Å². The van der Waals surface area contributed by atoms with E-state index in [4.69, 9.17) is 0 Å². The third-order valence-electron chi connectivity index (χ3n) is 1.24. The number of rotatable bonds is 1. The molecular formula is C7H10N. The van der Waals surface area contributed by atoms with E-state index in [0.29, 0.717) is 0 Å². The van der Waals surface area contributed by atoms with Gasteiger partial charge < -0.3 is 0 Å². The molecule has 0 aliphatic carbocycles. The van der Waals surface area contributed by atoms with Crippen molar-refractivity contribution < 1.29 is 0 Å². The molecule has 0 bridgehead atoms. The number of hydrogen-bond acceptors (Lipinski definition) is 1. The summed E-state index contributed by atoms with van der Waals surface area (Å²) in [5, 5.41) is 0. The maximum Gasteiger partial charge on any atom is 0.0760 e. The van der Waals surface area contributed by atoms with Crippen LogP contribution in [0.4, 0.5) is 0 Å². The zero-order chi connectivity index (χ0) is 5.82. The van der Waals surface area contributed by atoms with E-state index >= 15 is 0 Å². The maximum absolute atomic E-state index is 4.01. The van der Waals surface area contributed by atoms with Gasteiger partial charge in [-0.2, -0.15) is 0 Å². The number of hydrogen-bond donors (Lipinski definition) is 0. The molecule has 0 aromatic heterocycles. The standard InChI is InChI=1S/C7H10N/c1-2-7-4-3-5-8-6-7/h4-6H,2-3H2,1H3. The van der Waals surface area contributed by atoms with E-state index in [0.717, 1.165) is 12.8 Å². The Balaban J connectivity index is 2.51. The Morgan fingerprint density at radius 2 is 2.62 bits per heavy atom. The second kappa shape index (κ2) is 2.65. The molecule has 0 atom stereocenters. The summed E-state index contributed by atoms with van der Waals surface area (Å²) in [6, 6.07) is 0. The Labute approximate surface area is 50.1 Å². The van der Waals surface area contributed by atoms with Crippen molar-refractivity contribution in [1.82, 2.24) is 0 Å². The molecule has 1 heterocycles. The van der Waals surface area contributed by atoms with Gasteiger partial charge in [0, 0.05) is 6.21 Å². The zero-order valence-corrected chi connectivity index (χ0v) is 5.09. The molecular weight excluding hydrogens is 98.1 g/mol. The van der Waals surface area contributed by atoms with Crippen LogP contribution in [0.3, 0.4) is 0 Å². The minimum Gasteiger partial charge on any atom is -0.287 e. The van der Waals surface area contributed by atoms with Gasteiger partial charge in [0.25, 0.3) is 0 Å². The highest BCUT2D eigenvalue weighted by molar-refractivity contribution is 5.79. The molecule has 43 valence electrons. The molecule has 1 aliphatic rings. The van der Waals surface area contributed by atoms with Gasteiger partial charge in [-0.05, 0) is 18.4 Å². The van der Waals surface area contributed by atoms with Gasteiger partial charge in [-0.25, -0.2) is 0 Å². The van der Waals surface area contributed by atoms with Crippen molar-refractivity contribution in [3.8, 4) is 0 Å². The molecule has 0 aromatic carbocycles. The van der Waals surface area contributed by atoms with Gasteiger partial charge in [-0.15, -0.1) is 0 Å². The van der Waals surface area contributed by atoms with Gasteiger partial charge in [-0.1, -0.05) is 13.0 Å². The second-order valence-electron chi connectivity index (χ2n) is 1.83. The van der Waals surface area contributed by atoms with Crippen LogP contribution < -0.4 is 0 Å². The Kier molecular flexibility index (Phi) is 1.84. The summed E-state index contributed by atoms with van der Waals surface area (Å²) in [7, 11) is 0. The van der Waals surface area contributed by atoms with Crippen LogP contribution in [-0.2, 0) is 0 Å². The topological polar surface area (TPSA) is 12.4 Å². The first-order valence-corrected chi connectivity index (χ1v) is 2.97. The predicted molar refractivity (Wildman–Crippen MR) is 35.8 cm³/mol. The van der Waals surface area contributed by atoms with Gasteiger partial charge >= 0.3 is 0 Å². The summed E-state index contributed by atoms with van der Waals surface area (Å²) in [5.41, 5.74) is 1.35. The van der Waals surface area contributed by atoms with Crippen molar-refractivity contribution >= 4 is 6.21 Å². The third-order valence-corrected chi connectivity index (χ3v) is 1.24. The van der Waals surface area contributed by atoms with Gasteiger partial charge in [-0.3, -0.25) is 4.99 Å². The quantitative estimate of drug-likeness (QED) is 0.487. The monoisotopic (exact) mass is 108 g/mol. The maximum atomic E-state index is 4.01. The summed E-state index contributed by atoms with van der Waals surface area (Å²) in [6.45, 7) is 4.06. The molecule has 1 heteroatoms. The van der Waals surface area contributed by atoms with Crippen molar-refractivity contribution in [2.24, 2.45) is 4.99 Å². The van der Waals surface area contributed by atoms with Crippen LogP contribution in [0.2, 0.25) is 0 Å². The fraction of sp³-hybridized carbons (Fsp3) is 0.429. The van der Waals surface area contributed by atoms with Gasteiger partial charge in [0.1, 0.15) is 0 Å². The Morgan fingerprint density at radius 1 is 1.75 bits per heavy atom. The van der Waals surface area contributed by atoms with E-state index in [1.807, 2.05) is 12.8 Å². The minimum atomic E-state index is 1.01. The van der Waals surface area contributed by atoms with Crippen LogP contribution in [0, 0.1) is 6.54 Å². The highest BCUT2D eigenvalue weighted by Crippen LogP contribution is 2.06.